The first-order valence-electron chi connectivity index (χ1n) is 8.11. The fraction of sp³-hybridized carbons (Fsp3) is 0.526. The van der Waals surface area contributed by atoms with Gasteiger partial charge in [0.2, 0.25) is 0 Å². The number of carbonyl (C=O) groups is 2. The summed E-state index contributed by atoms with van der Waals surface area (Å²) >= 11 is 0. The van der Waals surface area contributed by atoms with Crippen LogP contribution in [0.1, 0.15) is 38.5 Å². The van der Waals surface area contributed by atoms with Crippen LogP contribution >= 0.6 is 0 Å². The molecule has 23 heavy (non-hydrogen) atoms. The highest BCUT2D eigenvalue weighted by Crippen LogP contribution is 2.38. The van der Waals surface area contributed by atoms with Crippen LogP contribution in [0, 0.1) is 11.3 Å². The number of ether oxygens (including phenoxy) is 2. The Hall–Kier alpha value is -2.06. The summed E-state index contributed by atoms with van der Waals surface area (Å²) in [5.74, 6) is -1.53. The molecule has 0 aromatic rings. The molecule has 124 valence electrons. The fourth-order valence-electron chi connectivity index (χ4n) is 3.21. The molecule has 0 bridgehead atoms. The predicted octanol–water partition coefficient (Wildman–Crippen LogP) is 3.50. The van der Waals surface area contributed by atoms with Gasteiger partial charge in [0, 0.05) is 5.92 Å². The van der Waals surface area contributed by atoms with Gasteiger partial charge in [-0.15, -0.1) is 5.73 Å². The second-order valence-electron chi connectivity index (χ2n) is 5.96. The molecule has 0 aliphatic heterocycles. The second kappa shape index (κ2) is 7.98. The van der Waals surface area contributed by atoms with Gasteiger partial charge in [0.15, 0.2) is 5.41 Å². The van der Waals surface area contributed by atoms with Crippen LogP contribution in [0.25, 0.3) is 0 Å². The Kier molecular flexibility index (Phi) is 6.00. The van der Waals surface area contributed by atoms with Gasteiger partial charge in [-0.05, 0) is 43.8 Å². The van der Waals surface area contributed by atoms with Crippen molar-refractivity contribution in [1.82, 2.24) is 0 Å². The van der Waals surface area contributed by atoms with Gasteiger partial charge in [-0.1, -0.05) is 30.7 Å². The van der Waals surface area contributed by atoms with E-state index in [1.165, 1.54) is 20.6 Å². The molecule has 1 fully saturated rings. The highest BCUT2D eigenvalue weighted by molar-refractivity contribution is 6.03. The van der Waals surface area contributed by atoms with Crippen LogP contribution in [0.4, 0.5) is 0 Å². The molecule has 4 heteroatoms. The van der Waals surface area contributed by atoms with Gasteiger partial charge in [0.25, 0.3) is 0 Å². The van der Waals surface area contributed by atoms with Crippen LogP contribution in [0.3, 0.4) is 0 Å². The first-order valence-corrected chi connectivity index (χ1v) is 8.11. The minimum Gasteiger partial charge on any atom is -0.468 e. The Morgan fingerprint density at radius 3 is 2.30 bits per heavy atom. The Balaban J connectivity index is 2.49. The lowest BCUT2D eigenvalue weighted by Gasteiger charge is -2.31. The van der Waals surface area contributed by atoms with Crippen LogP contribution in [0.15, 0.2) is 41.7 Å². The molecule has 2 aliphatic carbocycles. The van der Waals surface area contributed by atoms with Gasteiger partial charge in [-0.2, -0.15) is 0 Å². The highest BCUT2D eigenvalue weighted by Gasteiger charge is 2.51. The van der Waals surface area contributed by atoms with Crippen molar-refractivity contribution in [3.8, 4) is 0 Å². The Morgan fingerprint density at radius 1 is 1.13 bits per heavy atom. The van der Waals surface area contributed by atoms with E-state index in [4.69, 9.17) is 9.47 Å². The number of hydrogen-bond donors (Lipinski definition) is 0. The maximum absolute atomic E-state index is 12.5. The third kappa shape index (κ3) is 3.65. The van der Waals surface area contributed by atoms with Crippen LogP contribution in [0.2, 0.25) is 0 Å². The molecule has 0 heterocycles. The molecule has 1 saturated carbocycles. The van der Waals surface area contributed by atoms with Crippen molar-refractivity contribution < 1.29 is 19.1 Å². The molecule has 0 radical (unpaired) electrons. The Morgan fingerprint density at radius 2 is 1.78 bits per heavy atom. The minimum atomic E-state index is -1.48. The van der Waals surface area contributed by atoms with Gasteiger partial charge in [0.05, 0.1) is 14.2 Å². The quantitative estimate of drug-likeness (QED) is 0.452. The van der Waals surface area contributed by atoms with Crippen molar-refractivity contribution >= 4 is 11.9 Å². The number of carbonyl (C=O) groups excluding carboxylic acids is 2. The number of hydrogen-bond acceptors (Lipinski definition) is 4. The molecule has 0 aromatic carbocycles. The topological polar surface area (TPSA) is 52.6 Å². The van der Waals surface area contributed by atoms with Crippen molar-refractivity contribution in [1.29, 1.82) is 0 Å². The van der Waals surface area contributed by atoms with E-state index in [-0.39, 0.29) is 5.92 Å². The minimum absolute atomic E-state index is 0.330. The van der Waals surface area contributed by atoms with Gasteiger partial charge in [-0.3, -0.25) is 9.59 Å². The monoisotopic (exact) mass is 316 g/mol. The number of methoxy groups -OCH3 is 2. The van der Waals surface area contributed by atoms with E-state index < -0.39 is 17.4 Å². The van der Waals surface area contributed by atoms with Crippen molar-refractivity contribution in [2.24, 2.45) is 11.3 Å². The molecule has 1 unspecified atom stereocenters. The summed E-state index contributed by atoms with van der Waals surface area (Å²) in [6, 6.07) is 0. The zero-order chi connectivity index (χ0) is 16.7. The zero-order valence-corrected chi connectivity index (χ0v) is 13.8. The highest BCUT2D eigenvalue weighted by atomic mass is 16.5. The summed E-state index contributed by atoms with van der Waals surface area (Å²) in [4.78, 5) is 25.1. The Labute approximate surface area is 137 Å². The standard InChI is InChI=1S/C19H24O4/c1-22-17(20)19(18(21)23-2,16-11-7-4-8-12-16)14-13-15-9-5-3-6-10-15/h4,7-8,11,14,16H,3,5-6,9-10,12H2,1-2H3. The molecular weight excluding hydrogens is 292 g/mol. The molecule has 2 aliphatic rings. The molecule has 1 atom stereocenters. The summed E-state index contributed by atoms with van der Waals surface area (Å²) in [6.07, 6.45) is 15.1. The van der Waals surface area contributed by atoms with Gasteiger partial charge < -0.3 is 9.47 Å². The van der Waals surface area contributed by atoms with E-state index in [2.05, 4.69) is 5.73 Å². The summed E-state index contributed by atoms with van der Waals surface area (Å²) in [6.45, 7) is 0. The molecule has 2 rings (SSSR count). The van der Waals surface area contributed by atoms with Gasteiger partial charge in [0.1, 0.15) is 0 Å². The van der Waals surface area contributed by atoms with Gasteiger partial charge in [-0.25, -0.2) is 0 Å². The molecule has 0 N–H and O–H groups in total. The molecule has 4 nitrogen and oxygen atoms in total. The largest absolute Gasteiger partial charge is 0.468 e. The predicted molar refractivity (Wildman–Crippen MR) is 87.5 cm³/mol. The van der Waals surface area contributed by atoms with Gasteiger partial charge >= 0.3 is 11.9 Å². The third-order valence-electron chi connectivity index (χ3n) is 4.57. The lowest BCUT2D eigenvalue weighted by molar-refractivity contribution is -0.167. The van der Waals surface area contributed by atoms with Crippen molar-refractivity contribution in [2.75, 3.05) is 14.2 Å². The normalized spacial score (nSPS) is 20.6. The second-order valence-corrected chi connectivity index (χ2v) is 5.96. The maximum Gasteiger partial charge on any atom is 0.328 e. The summed E-state index contributed by atoms with van der Waals surface area (Å²) in [5, 5.41) is 0. The SMILES string of the molecule is COC(=O)C(C=C=C1CCCCC1)(C(=O)OC)C1C=CC=CC1. The summed E-state index contributed by atoms with van der Waals surface area (Å²) in [5.41, 5.74) is 2.90. The summed E-state index contributed by atoms with van der Waals surface area (Å²) in [7, 11) is 2.59. The average molecular weight is 316 g/mol. The van der Waals surface area contributed by atoms with Crippen LogP contribution in [-0.2, 0) is 19.1 Å². The van der Waals surface area contributed by atoms with Crippen molar-refractivity contribution in [3.05, 3.63) is 41.7 Å². The molecule has 0 aromatic heterocycles. The molecule has 0 spiro atoms. The van der Waals surface area contributed by atoms with Crippen molar-refractivity contribution in [3.63, 3.8) is 0 Å². The lowest BCUT2D eigenvalue weighted by Crippen LogP contribution is -2.45. The molecule has 0 amide bonds. The van der Waals surface area contributed by atoms with E-state index in [9.17, 15) is 9.59 Å². The first kappa shape index (κ1) is 17.3. The number of esters is 2. The van der Waals surface area contributed by atoms with E-state index in [1.807, 2.05) is 24.3 Å². The molecular formula is C19H24O4. The van der Waals surface area contributed by atoms with E-state index in [1.54, 1.807) is 6.08 Å². The Bertz CT molecular complexity index is 552. The van der Waals surface area contributed by atoms with Crippen LogP contribution in [0.5, 0.6) is 0 Å². The molecule has 0 saturated heterocycles. The smallest absolute Gasteiger partial charge is 0.328 e. The number of allylic oxidation sites excluding steroid dienone is 4. The van der Waals surface area contributed by atoms with Crippen molar-refractivity contribution in [2.45, 2.75) is 38.5 Å². The summed E-state index contributed by atoms with van der Waals surface area (Å²) < 4.78 is 9.91. The average Bonchev–Trinajstić information content (AvgIpc) is 2.63. The van der Waals surface area contributed by atoms with Crippen LogP contribution < -0.4 is 0 Å². The van der Waals surface area contributed by atoms with E-state index in [0.717, 1.165) is 31.3 Å². The maximum atomic E-state index is 12.5. The van der Waals surface area contributed by atoms with E-state index in [0.29, 0.717) is 6.42 Å². The fourth-order valence-corrected chi connectivity index (χ4v) is 3.21. The van der Waals surface area contributed by atoms with E-state index >= 15 is 0 Å². The first-order chi connectivity index (χ1) is 11.1. The van der Waals surface area contributed by atoms with Crippen LogP contribution in [-0.4, -0.2) is 26.2 Å². The zero-order valence-electron chi connectivity index (χ0n) is 13.8. The lowest BCUT2D eigenvalue weighted by atomic mass is 9.72. The third-order valence-corrected chi connectivity index (χ3v) is 4.57. The number of rotatable bonds is 4.